The van der Waals surface area contributed by atoms with Crippen molar-refractivity contribution in [2.75, 3.05) is 27.2 Å². The Morgan fingerprint density at radius 2 is 2.29 bits per heavy atom. The van der Waals surface area contributed by atoms with Gasteiger partial charge < -0.3 is 19.1 Å². The Labute approximate surface area is 141 Å². The molecule has 3 heterocycles. The third kappa shape index (κ3) is 3.91. The summed E-state index contributed by atoms with van der Waals surface area (Å²) in [7, 11) is 4.00. The molecule has 0 aliphatic carbocycles. The van der Waals surface area contributed by atoms with Crippen LogP contribution in [-0.4, -0.2) is 59.1 Å². The van der Waals surface area contributed by atoms with Crippen LogP contribution in [0.1, 0.15) is 28.4 Å². The van der Waals surface area contributed by atoms with Crippen molar-refractivity contribution in [1.29, 1.82) is 0 Å². The average molecular weight is 330 g/mol. The van der Waals surface area contributed by atoms with Gasteiger partial charge in [0.05, 0.1) is 12.2 Å². The predicted octanol–water partition coefficient (Wildman–Crippen LogP) is 1.73. The van der Waals surface area contributed by atoms with Crippen molar-refractivity contribution in [3.05, 3.63) is 41.5 Å². The average Bonchev–Trinajstić information content (AvgIpc) is 3.15. The SMILES string of the molecule is Cc1cc(C(=O)N2CCC(Oc3ccnc(CN(C)C)c3)C2)no1. The van der Waals surface area contributed by atoms with Crippen LogP contribution in [0.5, 0.6) is 5.75 Å². The van der Waals surface area contributed by atoms with Gasteiger partial charge in [0.25, 0.3) is 5.91 Å². The zero-order valence-electron chi connectivity index (χ0n) is 14.2. The van der Waals surface area contributed by atoms with Crippen LogP contribution >= 0.6 is 0 Å². The molecule has 3 rings (SSSR count). The minimum atomic E-state index is -0.110. The molecular weight excluding hydrogens is 308 g/mol. The monoisotopic (exact) mass is 330 g/mol. The van der Waals surface area contributed by atoms with E-state index >= 15 is 0 Å². The Balaban J connectivity index is 1.59. The molecule has 0 N–H and O–H groups in total. The summed E-state index contributed by atoms with van der Waals surface area (Å²) < 4.78 is 11.0. The second-order valence-electron chi connectivity index (χ2n) is 6.32. The molecule has 0 aromatic carbocycles. The van der Waals surface area contributed by atoms with E-state index in [-0.39, 0.29) is 12.0 Å². The van der Waals surface area contributed by atoms with Crippen LogP contribution in [0.3, 0.4) is 0 Å². The van der Waals surface area contributed by atoms with E-state index in [4.69, 9.17) is 9.26 Å². The maximum atomic E-state index is 12.4. The number of amides is 1. The standard InChI is InChI=1S/C17H22N4O3/c1-12-8-16(19-24-12)17(22)21-7-5-15(11-21)23-14-4-6-18-13(9-14)10-20(2)3/h4,6,8-9,15H,5,7,10-11H2,1-3H3. The highest BCUT2D eigenvalue weighted by atomic mass is 16.5. The smallest absolute Gasteiger partial charge is 0.276 e. The molecule has 1 unspecified atom stereocenters. The third-order valence-corrected chi connectivity index (χ3v) is 3.85. The number of rotatable bonds is 5. The van der Waals surface area contributed by atoms with E-state index in [1.165, 1.54) is 0 Å². The lowest BCUT2D eigenvalue weighted by Crippen LogP contribution is -2.31. The normalized spacial score (nSPS) is 17.5. The second kappa shape index (κ2) is 7.00. The highest BCUT2D eigenvalue weighted by Gasteiger charge is 2.29. The lowest BCUT2D eigenvalue weighted by Gasteiger charge is -2.17. The summed E-state index contributed by atoms with van der Waals surface area (Å²) in [4.78, 5) is 20.5. The van der Waals surface area contributed by atoms with Gasteiger partial charge in [0.1, 0.15) is 17.6 Å². The van der Waals surface area contributed by atoms with Crippen molar-refractivity contribution in [2.45, 2.75) is 26.0 Å². The van der Waals surface area contributed by atoms with Crippen LogP contribution in [0.4, 0.5) is 0 Å². The number of likely N-dealkylation sites (tertiary alicyclic amines) is 1. The van der Waals surface area contributed by atoms with Crippen LogP contribution in [-0.2, 0) is 6.54 Å². The van der Waals surface area contributed by atoms with Gasteiger partial charge in [-0.25, -0.2) is 0 Å². The number of nitrogens with zero attached hydrogens (tertiary/aromatic N) is 4. The molecule has 7 nitrogen and oxygen atoms in total. The van der Waals surface area contributed by atoms with Crippen LogP contribution < -0.4 is 4.74 Å². The van der Waals surface area contributed by atoms with Gasteiger partial charge in [-0.15, -0.1) is 0 Å². The first-order chi connectivity index (χ1) is 11.5. The Hall–Kier alpha value is -2.41. The highest BCUT2D eigenvalue weighted by molar-refractivity contribution is 5.92. The Morgan fingerprint density at radius 3 is 3.00 bits per heavy atom. The zero-order chi connectivity index (χ0) is 17.1. The van der Waals surface area contributed by atoms with E-state index in [1.54, 1.807) is 24.1 Å². The number of aromatic nitrogens is 2. The van der Waals surface area contributed by atoms with Gasteiger partial charge in [0.15, 0.2) is 5.69 Å². The summed E-state index contributed by atoms with van der Waals surface area (Å²) in [5.74, 6) is 1.31. The van der Waals surface area contributed by atoms with Crippen molar-refractivity contribution in [1.82, 2.24) is 19.9 Å². The predicted molar refractivity (Wildman–Crippen MR) is 87.8 cm³/mol. The molecule has 24 heavy (non-hydrogen) atoms. The molecule has 1 atom stereocenters. The number of aryl methyl sites for hydroxylation is 1. The number of hydrogen-bond donors (Lipinski definition) is 0. The van der Waals surface area contributed by atoms with Gasteiger partial charge in [0, 0.05) is 37.8 Å². The first-order valence-corrected chi connectivity index (χ1v) is 8.00. The molecule has 0 radical (unpaired) electrons. The summed E-state index contributed by atoms with van der Waals surface area (Å²) in [5, 5.41) is 3.79. The molecule has 2 aromatic rings. The topological polar surface area (TPSA) is 71.7 Å². The molecule has 1 aliphatic rings. The van der Waals surface area contributed by atoms with E-state index < -0.39 is 0 Å². The minimum absolute atomic E-state index is 0.0171. The molecule has 1 amide bonds. The summed E-state index contributed by atoms with van der Waals surface area (Å²) in [5.41, 5.74) is 1.31. The zero-order valence-corrected chi connectivity index (χ0v) is 14.2. The molecule has 0 bridgehead atoms. The van der Waals surface area contributed by atoms with Crippen molar-refractivity contribution < 1.29 is 14.1 Å². The summed E-state index contributed by atoms with van der Waals surface area (Å²) >= 11 is 0. The lowest BCUT2D eigenvalue weighted by molar-refractivity contribution is 0.0762. The van der Waals surface area contributed by atoms with Gasteiger partial charge in [-0.3, -0.25) is 9.78 Å². The van der Waals surface area contributed by atoms with Gasteiger partial charge in [0.2, 0.25) is 0 Å². The Morgan fingerprint density at radius 1 is 1.46 bits per heavy atom. The van der Waals surface area contributed by atoms with E-state index in [1.807, 2.05) is 26.2 Å². The second-order valence-corrected chi connectivity index (χ2v) is 6.32. The Bertz CT molecular complexity index is 713. The maximum absolute atomic E-state index is 12.4. The van der Waals surface area contributed by atoms with Crippen molar-refractivity contribution in [2.24, 2.45) is 0 Å². The quantitative estimate of drug-likeness (QED) is 0.831. The largest absolute Gasteiger partial charge is 0.488 e. The molecule has 1 fully saturated rings. The van der Waals surface area contributed by atoms with Gasteiger partial charge in [-0.2, -0.15) is 0 Å². The van der Waals surface area contributed by atoms with E-state index in [2.05, 4.69) is 15.0 Å². The first-order valence-electron chi connectivity index (χ1n) is 8.00. The fourth-order valence-electron chi connectivity index (χ4n) is 2.77. The fourth-order valence-corrected chi connectivity index (χ4v) is 2.77. The number of pyridine rings is 1. The molecule has 1 saturated heterocycles. The van der Waals surface area contributed by atoms with Crippen molar-refractivity contribution in [3.8, 4) is 5.75 Å². The Kier molecular flexibility index (Phi) is 4.80. The van der Waals surface area contributed by atoms with Gasteiger partial charge in [-0.1, -0.05) is 5.16 Å². The number of carbonyl (C=O) groups is 1. The molecular formula is C17H22N4O3. The third-order valence-electron chi connectivity index (χ3n) is 3.85. The van der Waals surface area contributed by atoms with Crippen LogP contribution in [0.2, 0.25) is 0 Å². The summed E-state index contributed by atoms with van der Waals surface area (Å²) in [6.45, 7) is 3.74. The van der Waals surface area contributed by atoms with Crippen molar-refractivity contribution in [3.63, 3.8) is 0 Å². The van der Waals surface area contributed by atoms with Crippen LogP contribution in [0.25, 0.3) is 0 Å². The maximum Gasteiger partial charge on any atom is 0.276 e. The molecule has 1 aliphatic heterocycles. The molecule has 0 saturated carbocycles. The molecule has 0 spiro atoms. The lowest BCUT2D eigenvalue weighted by atomic mass is 10.3. The van der Waals surface area contributed by atoms with Crippen LogP contribution in [0, 0.1) is 6.92 Å². The van der Waals surface area contributed by atoms with E-state index in [0.717, 1.165) is 24.4 Å². The number of carbonyl (C=O) groups excluding carboxylic acids is 1. The van der Waals surface area contributed by atoms with Crippen LogP contribution in [0.15, 0.2) is 28.9 Å². The molecule has 7 heteroatoms. The minimum Gasteiger partial charge on any atom is -0.488 e. The first kappa shape index (κ1) is 16.4. The van der Waals surface area contributed by atoms with Gasteiger partial charge >= 0.3 is 0 Å². The van der Waals surface area contributed by atoms with Gasteiger partial charge in [-0.05, 0) is 27.1 Å². The van der Waals surface area contributed by atoms with E-state index in [0.29, 0.717) is 24.5 Å². The number of hydrogen-bond acceptors (Lipinski definition) is 6. The fraction of sp³-hybridized carbons (Fsp3) is 0.471. The molecule has 128 valence electrons. The summed E-state index contributed by atoms with van der Waals surface area (Å²) in [6.07, 6.45) is 2.54. The molecule has 2 aromatic heterocycles. The van der Waals surface area contributed by atoms with Crippen molar-refractivity contribution >= 4 is 5.91 Å². The summed E-state index contributed by atoms with van der Waals surface area (Å²) in [6, 6.07) is 5.46. The van der Waals surface area contributed by atoms with E-state index in [9.17, 15) is 4.79 Å². The highest BCUT2D eigenvalue weighted by Crippen LogP contribution is 2.20. The number of ether oxygens (including phenoxy) is 1.